The Morgan fingerprint density at radius 2 is 2.00 bits per heavy atom. The Kier molecular flexibility index (Phi) is 4.43. The first kappa shape index (κ1) is 12.2. The number of ether oxygens (including phenoxy) is 2. The van der Waals surface area contributed by atoms with Gasteiger partial charge in [-0.25, -0.2) is 0 Å². The molecule has 1 N–H and O–H groups in total. The largest absolute Gasteiger partial charge is 0.493 e. The third-order valence-corrected chi connectivity index (χ3v) is 1.97. The fraction of sp³-hybridized carbons (Fsp3) is 0.231. The predicted molar refractivity (Wildman–Crippen MR) is 62.6 cm³/mol. The van der Waals surface area contributed by atoms with E-state index in [1.807, 2.05) is 0 Å². The molecular formula is C13H14O3. The van der Waals surface area contributed by atoms with Gasteiger partial charge in [0.15, 0.2) is 11.5 Å². The minimum atomic E-state index is -0.812. The Balaban J connectivity index is 2.98. The molecule has 0 heterocycles. The average Bonchev–Trinajstić information content (AvgIpc) is 2.35. The fourth-order valence-corrected chi connectivity index (χ4v) is 1.13. The highest BCUT2D eigenvalue weighted by Gasteiger charge is 2.02. The zero-order valence-corrected chi connectivity index (χ0v) is 9.36. The van der Waals surface area contributed by atoms with Crippen molar-refractivity contribution in [2.24, 2.45) is 0 Å². The molecule has 3 nitrogen and oxygen atoms in total. The van der Waals surface area contributed by atoms with E-state index in [-0.39, 0.29) is 0 Å². The van der Waals surface area contributed by atoms with Gasteiger partial charge in [-0.3, -0.25) is 0 Å². The van der Waals surface area contributed by atoms with Crippen LogP contribution in [0.5, 0.6) is 11.5 Å². The van der Waals surface area contributed by atoms with E-state index < -0.39 is 6.10 Å². The van der Waals surface area contributed by atoms with Crippen LogP contribution in [0.1, 0.15) is 5.56 Å². The van der Waals surface area contributed by atoms with E-state index >= 15 is 0 Å². The van der Waals surface area contributed by atoms with E-state index in [1.165, 1.54) is 6.08 Å². The van der Waals surface area contributed by atoms with Crippen molar-refractivity contribution in [1.29, 1.82) is 0 Å². The maximum atomic E-state index is 9.20. The molecule has 1 unspecified atom stereocenters. The highest BCUT2D eigenvalue weighted by atomic mass is 16.5. The molecular weight excluding hydrogens is 204 g/mol. The van der Waals surface area contributed by atoms with Gasteiger partial charge >= 0.3 is 0 Å². The monoisotopic (exact) mass is 218 g/mol. The number of rotatable bonds is 3. The summed E-state index contributed by atoms with van der Waals surface area (Å²) in [5, 5.41) is 9.20. The minimum Gasteiger partial charge on any atom is -0.493 e. The third kappa shape index (κ3) is 3.04. The van der Waals surface area contributed by atoms with Crippen LogP contribution in [0.25, 0.3) is 0 Å². The maximum absolute atomic E-state index is 9.20. The summed E-state index contributed by atoms with van der Waals surface area (Å²) in [5.74, 6) is 6.71. The Morgan fingerprint density at radius 3 is 2.56 bits per heavy atom. The van der Waals surface area contributed by atoms with Crippen molar-refractivity contribution in [1.82, 2.24) is 0 Å². The SMILES string of the molecule is C=CC(O)C#Cc1ccc(OC)c(OC)c1. The Bertz CT molecular complexity index is 427. The summed E-state index contributed by atoms with van der Waals surface area (Å²) in [6, 6.07) is 5.31. The zero-order chi connectivity index (χ0) is 12.0. The van der Waals surface area contributed by atoms with Gasteiger partial charge in [0.2, 0.25) is 0 Å². The normalized spacial score (nSPS) is 10.9. The van der Waals surface area contributed by atoms with Crippen LogP contribution in [0.4, 0.5) is 0 Å². The molecule has 0 amide bonds. The number of methoxy groups -OCH3 is 2. The zero-order valence-electron chi connectivity index (χ0n) is 9.36. The number of hydrogen-bond acceptors (Lipinski definition) is 3. The van der Waals surface area contributed by atoms with E-state index in [9.17, 15) is 5.11 Å². The van der Waals surface area contributed by atoms with Gasteiger partial charge in [-0.15, -0.1) is 0 Å². The van der Waals surface area contributed by atoms with Gasteiger partial charge in [0.1, 0.15) is 6.10 Å². The van der Waals surface area contributed by atoms with Crippen LogP contribution < -0.4 is 9.47 Å². The molecule has 3 heteroatoms. The van der Waals surface area contributed by atoms with Crippen molar-refractivity contribution in [3.8, 4) is 23.3 Å². The Morgan fingerprint density at radius 1 is 1.31 bits per heavy atom. The molecule has 16 heavy (non-hydrogen) atoms. The van der Waals surface area contributed by atoms with Crippen molar-refractivity contribution in [2.75, 3.05) is 14.2 Å². The minimum absolute atomic E-state index is 0.613. The molecule has 84 valence electrons. The highest BCUT2D eigenvalue weighted by Crippen LogP contribution is 2.27. The highest BCUT2D eigenvalue weighted by molar-refractivity contribution is 5.48. The second kappa shape index (κ2) is 5.84. The lowest BCUT2D eigenvalue weighted by atomic mass is 10.2. The van der Waals surface area contributed by atoms with Crippen molar-refractivity contribution in [3.05, 3.63) is 36.4 Å². The first-order chi connectivity index (χ1) is 7.71. The lowest BCUT2D eigenvalue weighted by Gasteiger charge is -2.06. The van der Waals surface area contributed by atoms with Crippen LogP contribution in [0, 0.1) is 11.8 Å². The van der Waals surface area contributed by atoms with Gasteiger partial charge in [0.25, 0.3) is 0 Å². The summed E-state index contributed by atoms with van der Waals surface area (Å²) in [6.07, 6.45) is 0.557. The quantitative estimate of drug-likeness (QED) is 0.618. The molecule has 0 spiro atoms. The number of hydrogen-bond donors (Lipinski definition) is 1. The summed E-state index contributed by atoms with van der Waals surface area (Å²) in [4.78, 5) is 0. The Labute approximate surface area is 95.3 Å². The fourth-order valence-electron chi connectivity index (χ4n) is 1.13. The van der Waals surface area contributed by atoms with Crippen molar-refractivity contribution in [2.45, 2.75) is 6.10 Å². The van der Waals surface area contributed by atoms with Crippen LogP contribution in [0.2, 0.25) is 0 Å². The standard InChI is InChI=1S/C13H14O3/c1-4-11(14)7-5-10-6-8-12(15-2)13(9-10)16-3/h4,6,8-9,11,14H,1H2,2-3H3. The van der Waals surface area contributed by atoms with Gasteiger partial charge in [0, 0.05) is 5.56 Å². The van der Waals surface area contributed by atoms with Crippen LogP contribution in [-0.2, 0) is 0 Å². The summed E-state index contributed by atoms with van der Waals surface area (Å²) in [5.41, 5.74) is 0.749. The lowest BCUT2D eigenvalue weighted by Crippen LogP contribution is -1.95. The molecule has 0 radical (unpaired) electrons. The van der Waals surface area contributed by atoms with E-state index in [2.05, 4.69) is 18.4 Å². The Hall–Kier alpha value is -1.92. The maximum Gasteiger partial charge on any atom is 0.161 e. The third-order valence-electron chi connectivity index (χ3n) is 1.97. The lowest BCUT2D eigenvalue weighted by molar-refractivity contribution is 0.281. The second-order valence-corrected chi connectivity index (χ2v) is 3.02. The van der Waals surface area contributed by atoms with Crippen LogP contribution >= 0.6 is 0 Å². The average molecular weight is 218 g/mol. The van der Waals surface area contributed by atoms with Gasteiger partial charge in [-0.05, 0) is 18.2 Å². The van der Waals surface area contributed by atoms with Gasteiger partial charge < -0.3 is 14.6 Å². The summed E-state index contributed by atoms with van der Waals surface area (Å²) in [7, 11) is 3.14. The molecule has 0 bridgehead atoms. The molecule has 0 aliphatic rings. The second-order valence-electron chi connectivity index (χ2n) is 3.02. The molecule has 1 rings (SSSR count). The van der Waals surface area contributed by atoms with Crippen molar-refractivity contribution < 1.29 is 14.6 Å². The molecule has 0 saturated heterocycles. The first-order valence-electron chi connectivity index (χ1n) is 4.75. The van der Waals surface area contributed by atoms with Gasteiger partial charge in [-0.1, -0.05) is 24.5 Å². The molecule has 0 aromatic heterocycles. The van der Waals surface area contributed by atoms with Crippen molar-refractivity contribution >= 4 is 0 Å². The van der Waals surface area contributed by atoms with Crippen LogP contribution in [-0.4, -0.2) is 25.4 Å². The van der Waals surface area contributed by atoms with E-state index in [4.69, 9.17) is 9.47 Å². The molecule has 0 aliphatic heterocycles. The topological polar surface area (TPSA) is 38.7 Å². The summed E-state index contributed by atoms with van der Waals surface area (Å²) < 4.78 is 10.2. The van der Waals surface area contributed by atoms with E-state index in [1.54, 1.807) is 32.4 Å². The number of benzene rings is 1. The summed E-state index contributed by atoms with van der Waals surface area (Å²) >= 11 is 0. The molecule has 0 aliphatic carbocycles. The smallest absolute Gasteiger partial charge is 0.161 e. The van der Waals surface area contributed by atoms with E-state index in [0.29, 0.717) is 11.5 Å². The van der Waals surface area contributed by atoms with Crippen LogP contribution in [0.15, 0.2) is 30.9 Å². The number of aliphatic hydroxyl groups is 1. The molecule has 1 aromatic rings. The van der Waals surface area contributed by atoms with E-state index in [0.717, 1.165) is 5.56 Å². The van der Waals surface area contributed by atoms with Gasteiger partial charge in [-0.2, -0.15) is 0 Å². The summed E-state index contributed by atoms with van der Waals surface area (Å²) in [6.45, 7) is 3.44. The number of aliphatic hydroxyl groups excluding tert-OH is 1. The molecule has 1 atom stereocenters. The predicted octanol–water partition coefficient (Wildman–Crippen LogP) is 1.60. The van der Waals surface area contributed by atoms with Crippen molar-refractivity contribution in [3.63, 3.8) is 0 Å². The first-order valence-corrected chi connectivity index (χ1v) is 4.75. The molecule has 0 fully saturated rings. The van der Waals surface area contributed by atoms with Gasteiger partial charge in [0.05, 0.1) is 14.2 Å². The molecule has 1 aromatic carbocycles. The molecule has 0 saturated carbocycles. The van der Waals surface area contributed by atoms with Crippen LogP contribution in [0.3, 0.4) is 0 Å².